The normalized spacial score (nSPS) is 10.0. The fourth-order valence-electron chi connectivity index (χ4n) is 2.20. The average Bonchev–Trinajstić information content (AvgIpc) is 2.55. The molecule has 0 heterocycles. The molecule has 2 rings (SSSR count). The second-order valence-electron chi connectivity index (χ2n) is 5.16. The van der Waals surface area contributed by atoms with E-state index < -0.39 is 0 Å². The minimum atomic E-state index is -0.0864. The Morgan fingerprint density at radius 1 is 1.09 bits per heavy atom. The SMILES string of the molecule is COc1ccc(OC)c(NC(=O)CCNc2cccc(C)c2)c1. The summed E-state index contributed by atoms with van der Waals surface area (Å²) >= 11 is 0. The first kappa shape index (κ1) is 16.7. The molecule has 0 unspecified atom stereocenters. The highest BCUT2D eigenvalue weighted by Crippen LogP contribution is 2.28. The van der Waals surface area contributed by atoms with Crippen LogP contribution in [-0.4, -0.2) is 26.7 Å². The molecule has 0 aliphatic rings. The topological polar surface area (TPSA) is 59.6 Å². The molecule has 0 aromatic heterocycles. The smallest absolute Gasteiger partial charge is 0.226 e. The predicted octanol–water partition coefficient (Wildman–Crippen LogP) is 3.45. The van der Waals surface area contributed by atoms with Gasteiger partial charge in [-0.3, -0.25) is 4.79 Å². The Morgan fingerprint density at radius 3 is 2.61 bits per heavy atom. The molecule has 0 saturated carbocycles. The first-order chi connectivity index (χ1) is 11.1. The van der Waals surface area contributed by atoms with Gasteiger partial charge in [0.25, 0.3) is 0 Å². The van der Waals surface area contributed by atoms with Crippen molar-refractivity contribution in [2.45, 2.75) is 13.3 Å². The minimum Gasteiger partial charge on any atom is -0.497 e. The fourth-order valence-corrected chi connectivity index (χ4v) is 2.20. The molecule has 2 aromatic carbocycles. The van der Waals surface area contributed by atoms with Gasteiger partial charge in [0.1, 0.15) is 11.5 Å². The van der Waals surface area contributed by atoms with Crippen LogP contribution in [0, 0.1) is 6.92 Å². The van der Waals surface area contributed by atoms with E-state index in [1.165, 1.54) is 5.56 Å². The van der Waals surface area contributed by atoms with E-state index in [1.807, 2.05) is 31.2 Å². The highest BCUT2D eigenvalue weighted by atomic mass is 16.5. The number of hydrogen-bond donors (Lipinski definition) is 2. The van der Waals surface area contributed by atoms with Crippen LogP contribution >= 0.6 is 0 Å². The summed E-state index contributed by atoms with van der Waals surface area (Å²) < 4.78 is 10.4. The lowest BCUT2D eigenvalue weighted by Crippen LogP contribution is -2.16. The lowest BCUT2D eigenvalue weighted by atomic mass is 10.2. The van der Waals surface area contributed by atoms with Crippen molar-refractivity contribution in [3.8, 4) is 11.5 Å². The van der Waals surface area contributed by atoms with Gasteiger partial charge in [-0.05, 0) is 36.8 Å². The van der Waals surface area contributed by atoms with Gasteiger partial charge in [-0.2, -0.15) is 0 Å². The first-order valence-corrected chi connectivity index (χ1v) is 7.45. The van der Waals surface area contributed by atoms with E-state index in [0.717, 1.165) is 5.69 Å². The van der Waals surface area contributed by atoms with Crippen molar-refractivity contribution in [3.63, 3.8) is 0 Å². The first-order valence-electron chi connectivity index (χ1n) is 7.45. The summed E-state index contributed by atoms with van der Waals surface area (Å²) in [5.41, 5.74) is 2.80. The van der Waals surface area contributed by atoms with Crippen LogP contribution in [0.5, 0.6) is 11.5 Å². The zero-order valence-corrected chi connectivity index (χ0v) is 13.7. The summed E-state index contributed by atoms with van der Waals surface area (Å²) in [7, 11) is 3.15. The molecule has 122 valence electrons. The largest absolute Gasteiger partial charge is 0.497 e. The summed E-state index contributed by atoms with van der Waals surface area (Å²) in [6, 6.07) is 13.3. The summed E-state index contributed by atoms with van der Waals surface area (Å²) in [4.78, 5) is 12.1. The molecule has 2 N–H and O–H groups in total. The summed E-state index contributed by atoms with van der Waals surface area (Å²) in [5, 5.41) is 6.09. The second-order valence-corrected chi connectivity index (χ2v) is 5.16. The van der Waals surface area contributed by atoms with Crippen molar-refractivity contribution in [2.75, 3.05) is 31.4 Å². The molecule has 23 heavy (non-hydrogen) atoms. The molecule has 2 aromatic rings. The molecular weight excluding hydrogens is 292 g/mol. The predicted molar refractivity (Wildman–Crippen MR) is 92.5 cm³/mol. The lowest BCUT2D eigenvalue weighted by molar-refractivity contribution is -0.115. The standard InChI is InChI=1S/C18H22N2O3/c1-13-5-4-6-14(11-13)19-10-9-18(21)20-16-12-15(22-2)7-8-17(16)23-3/h4-8,11-12,19H,9-10H2,1-3H3,(H,20,21). The van der Waals surface area contributed by atoms with Gasteiger partial charge in [-0.1, -0.05) is 12.1 Å². The monoisotopic (exact) mass is 314 g/mol. The van der Waals surface area contributed by atoms with Crippen LogP contribution in [0.1, 0.15) is 12.0 Å². The third-order valence-corrected chi connectivity index (χ3v) is 3.38. The molecule has 1 amide bonds. The Hall–Kier alpha value is -2.69. The van der Waals surface area contributed by atoms with Crippen LogP contribution in [-0.2, 0) is 4.79 Å². The maximum atomic E-state index is 12.1. The van der Waals surface area contributed by atoms with E-state index >= 15 is 0 Å². The highest BCUT2D eigenvalue weighted by molar-refractivity contribution is 5.92. The summed E-state index contributed by atoms with van der Waals surface area (Å²) in [5.74, 6) is 1.18. The zero-order chi connectivity index (χ0) is 16.7. The Kier molecular flexibility index (Phi) is 5.86. The van der Waals surface area contributed by atoms with Crippen LogP contribution in [0.25, 0.3) is 0 Å². The van der Waals surface area contributed by atoms with E-state index in [1.54, 1.807) is 32.4 Å². The molecule has 0 saturated heterocycles. The molecule has 0 radical (unpaired) electrons. The molecule has 0 atom stereocenters. The number of methoxy groups -OCH3 is 2. The number of benzene rings is 2. The molecule has 0 fully saturated rings. The average molecular weight is 314 g/mol. The minimum absolute atomic E-state index is 0.0864. The Morgan fingerprint density at radius 2 is 1.91 bits per heavy atom. The highest BCUT2D eigenvalue weighted by Gasteiger charge is 2.09. The van der Waals surface area contributed by atoms with Crippen molar-refractivity contribution in [2.24, 2.45) is 0 Å². The van der Waals surface area contributed by atoms with Crippen LogP contribution in [0.4, 0.5) is 11.4 Å². The number of hydrogen-bond acceptors (Lipinski definition) is 4. The number of carbonyl (C=O) groups excluding carboxylic acids is 1. The van der Waals surface area contributed by atoms with E-state index in [4.69, 9.17) is 9.47 Å². The van der Waals surface area contributed by atoms with Gasteiger partial charge in [0, 0.05) is 24.7 Å². The number of aryl methyl sites for hydroxylation is 1. The molecule has 0 aliphatic carbocycles. The Balaban J connectivity index is 1.89. The van der Waals surface area contributed by atoms with Gasteiger partial charge >= 0.3 is 0 Å². The van der Waals surface area contributed by atoms with Crippen LogP contribution in [0.15, 0.2) is 42.5 Å². The Labute approximate surface area is 136 Å². The zero-order valence-electron chi connectivity index (χ0n) is 13.7. The summed E-state index contributed by atoms with van der Waals surface area (Å²) in [6.07, 6.45) is 0.355. The van der Waals surface area contributed by atoms with E-state index in [0.29, 0.717) is 30.2 Å². The molecule has 5 heteroatoms. The van der Waals surface area contributed by atoms with Gasteiger partial charge in [-0.25, -0.2) is 0 Å². The third-order valence-electron chi connectivity index (χ3n) is 3.38. The van der Waals surface area contributed by atoms with E-state index in [-0.39, 0.29) is 5.91 Å². The van der Waals surface area contributed by atoms with Gasteiger partial charge in [0.15, 0.2) is 0 Å². The molecule has 5 nitrogen and oxygen atoms in total. The van der Waals surface area contributed by atoms with Gasteiger partial charge in [0.2, 0.25) is 5.91 Å². The van der Waals surface area contributed by atoms with Gasteiger partial charge in [0.05, 0.1) is 19.9 Å². The number of amides is 1. The van der Waals surface area contributed by atoms with Crippen LogP contribution in [0.3, 0.4) is 0 Å². The van der Waals surface area contributed by atoms with E-state index in [9.17, 15) is 4.79 Å². The fraction of sp³-hybridized carbons (Fsp3) is 0.278. The number of rotatable bonds is 7. The van der Waals surface area contributed by atoms with Crippen molar-refractivity contribution < 1.29 is 14.3 Å². The number of carbonyl (C=O) groups is 1. The van der Waals surface area contributed by atoms with Crippen LogP contribution < -0.4 is 20.1 Å². The van der Waals surface area contributed by atoms with Gasteiger partial charge < -0.3 is 20.1 Å². The summed E-state index contributed by atoms with van der Waals surface area (Å²) in [6.45, 7) is 2.59. The van der Waals surface area contributed by atoms with Crippen LogP contribution in [0.2, 0.25) is 0 Å². The maximum Gasteiger partial charge on any atom is 0.226 e. The van der Waals surface area contributed by atoms with Crippen molar-refractivity contribution >= 4 is 17.3 Å². The second kappa shape index (κ2) is 8.08. The lowest BCUT2D eigenvalue weighted by Gasteiger charge is -2.12. The number of nitrogens with one attached hydrogen (secondary N) is 2. The van der Waals surface area contributed by atoms with Gasteiger partial charge in [-0.15, -0.1) is 0 Å². The third kappa shape index (κ3) is 4.92. The van der Waals surface area contributed by atoms with Crippen molar-refractivity contribution in [3.05, 3.63) is 48.0 Å². The quantitative estimate of drug-likeness (QED) is 0.822. The van der Waals surface area contributed by atoms with Crippen molar-refractivity contribution in [1.82, 2.24) is 0 Å². The van der Waals surface area contributed by atoms with Crippen molar-refractivity contribution in [1.29, 1.82) is 0 Å². The Bertz CT molecular complexity index is 671. The maximum absolute atomic E-state index is 12.1. The molecular formula is C18H22N2O3. The molecule has 0 bridgehead atoms. The number of anilines is 2. The molecule has 0 spiro atoms. The molecule has 0 aliphatic heterocycles. The number of ether oxygens (including phenoxy) is 2. The van der Waals surface area contributed by atoms with E-state index in [2.05, 4.69) is 10.6 Å².